The number of aryl methyl sites for hydroxylation is 1. The minimum Gasteiger partial charge on any atom is -0.308 e. The normalized spacial score (nSPS) is 11.7. The van der Waals surface area contributed by atoms with Crippen LogP contribution in [0.25, 0.3) is 5.82 Å². The quantitative estimate of drug-likeness (QED) is 0.668. The standard InChI is InChI=1S/C12H15F3N6/c1-3-4-9-17-10(19-16)7(2)11(18-9)21-6-5-8(20-21)12(13,14)15/h5-6H,3-4,16H2,1-2H3,(H,17,18,19). The monoisotopic (exact) mass is 300 g/mol. The van der Waals surface area contributed by atoms with Crippen molar-refractivity contribution in [1.82, 2.24) is 19.7 Å². The van der Waals surface area contributed by atoms with Crippen molar-refractivity contribution >= 4 is 5.82 Å². The van der Waals surface area contributed by atoms with Gasteiger partial charge in [-0.05, 0) is 19.4 Å². The van der Waals surface area contributed by atoms with Gasteiger partial charge in [0.05, 0.1) is 0 Å². The number of nitrogens with one attached hydrogen (secondary N) is 1. The summed E-state index contributed by atoms with van der Waals surface area (Å²) in [5.74, 6) is 6.53. The van der Waals surface area contributed by atoms with Crippen molar-refractivity contribution in [2.45, 2.75) is 32.9 Å². The molecule has 0 fully saturated rings. The molecular weight excluding hydrogens is 285 g/mol. The first-order valence-corrected chi connectivity index (χ1v) is 6.34. The topological polar surface area (TPSA) is 81.6 Å². The van der Waals surface area contributed by atoms with E-state index < -0.39 is 11.9 Å². The summed E-state index contributed by atoms with van der Waals surface area (Å²) in [7, 11) is 0. The van der Waals surface area contributed by atoms with Crippen molar-refractivity contribution in [3.63, 3.8) is 0 Å². The maximum atomic E-state index is 12.6. The van der Waals surface area contributed by atoms with E-state index in [1.54, 1.807) is 6.92 Å². The van der Waals surface area contributed by atoms with Crippen molar-refractivity contribution in [3.8, 4) is 5.82 Å². The van der Waals surface area contributed by atoms with Gasteiger partial charge < -0.3 is 5.43 Å². The second kappa shape index (κ2) is 5.68. The predicted octanol–water partition coefficient (Wildman–Crippen LogP) is 2.23. The van der Waals surface area contributed by atoms with E-state index in [1.807, 2.05) is 6.92 Å². The van der Waals surface area contributed by atoms with E-state index >= 15 is 0 Å². The number of alkyl halides is 3. The summed E-state index contributed by atoms with van der Waals surface area (Å²) in [6, 6.07) is 0.899. The van der Waals surface area contributed by atoms with Crippen LogP contribution >= 0.6 is 0 Å². The third-order valence-electron chi connectivity index (χ3n) is 2.87. The van der Waals surface area contributed by atoms with Gasteiger partial charge in [-0.15, -0.1) is 0 Å². The lowest BCUT2D eigenvalue weighted by molar-refractivity contribution is -0.141. The van der Waals surface area contributed by atoms with Crippen molar-refractivity contribution < 1.29 is 13.2 Å². The second-order valence-corrected chi connectivity index (χ2v) is 4.47. The van der Waals surface area contributed by atoms with Crippen molar-refractivity contribution in [1.29, 1.82) is 0 Å². The van der Waals surface area contributed by atoms with Crippen molar-refractivity contribution in [2.75, 3.05) is 5.43 Å². The fraction of sp³-hybridized carbons (Fsp3) is 0.417. The molecule has 0 radical (unpaired) electrons. The molecular formula is C12H15F3N6. The number of rotatable bonds is 4. The molecule has 2 aromatic rings. The van der Waals surface area contributed by atoms with E-state index in [0.717, 1.165) is 17.2 Å². The number of hydrazine groups is 1. The van der Waals surface area contributed by atoms with Gasteiger partial charge in [0.1, 0.15) is 11.6 Å². The number of halogens is 3. The van der Waals surface area contributed by atoms with Gasteiger partial charge in [-0.2, -0.15) is 18.3 Å². The zero-order chi connectivity index (χ0) is 15.6. The average molecular weight is 300 g/mol. The van der Waals surface area contributed by atoms with Gasteiger partial charge in [0.2, 0.25) is 0 Å². The highest BCUT2D eigenvalue weighted by Crippen LogP contribution is 2.28. The van der Waals surface area contributed by atoms with E-state index in [4.69, 9.17) is 5.84 Å². The molecule has 0 spiro atoms. The summed E-state index contributed by atoms with van der Waals surface area (Å²) in [4.78, 5) is 8.47. The third kappa shape index (κ3) is 3.13. The molecule has 9 heteroatoms. The van der Waals surface area contributed by atoms with Crippen LogP contribution in [0.5, 0.6) is 0 Å². The molecule has 0 amide bonds. The molecule has 0 unspecified atom stereocenters. The number of anilines is 1. The minimum atomic E-state index is -4.49. The highest BCUT2D eigenvalue weighted by molar-refractivity contribution is 5.50. The zero-order valence-corrected chi connectivity index (χ0v) is 11.6. The largest absolute Gasteiger partial charge is 0.435 e. The van der Waals surface area contributed by atoms with Crippen molar-refractivity contribution in [2.24, 2.45) is 5.84 Å². The van der Waals surface area contributed by atoms with Crippen LogP contribution in [0, 0.1) is 6.92 Å². The molecule has 0 aliphatic carbocycles. The summed E-state index contributed by atoms with van der Waals surface area (Å²) in [6.45, 7) is 3.61. The van der Waals surface area contributed by atoms with Crippen molar-refractivity contribution in [3.05, 3.63) is 29.3 Å². The number of aromatic nitrogens is 4. The number of hydrogen-bond acceptors (Lipinski definition) is 5. The lowest BCUT2D eigenvalue weighted by Gasteiger charge is -2.11. The zero-order valence-electron chi connectivity index (χ0n) is 11.6. The van der Waals surface area contributed by atoms with Gasteiger partial charge in [-0.3, -0.25) is 0 Å². The highest BCUT2D eigenvalue weighted by Gasteiger charge is 2.34. The first-order chi connectivity index (χ1) is 9.86. The fourth-order valence-electron chi connectivity index (χ4n) is 1.84. The first kappa shape index (κ1) is 15.2. The van der Waals surface area contributed by atoms with Crippen LogP contribution in [0.1, 0.15) is 30.4 Å². The molecule has 0 aromatic carbocycles. The molecule has 0 saturated heterocycles. The van der Waals surface area contributed by atoms with Crippen LogP contribution in [0.3, 0.4) is 0 Å². The molecule has 21 heavy (non-hydrogen) atoms. The Morgan fingerprint density at radius 3 is 2.57 bits per heavy atom. The summed E-state index contributed by atoms with van der Waals surface area (Å²) >= 11 is 0. The van der Waals surface area contributed by atoms with E-state index in [9.17, 15) is 13.2 Å². The Balaban J connectivity index is 2.51. The van der Waals surface area contributed by atoms with E-state index in [1.165, 1.54) is 6.20 Å². The fourth-order valence-corrected chi connectivity index (χ4v) is 1.84. The number of nitrogen functional groups attached to an aromatic ring is 1. The highest BCUT2D eigenvalue weighted by atomic mass is 19.4. The van der Waals surface area contributed by atoms with Gasteiger partial charge in [-0.25, -0.2) is 20.5 Å². The lowest BCUT2D eigenvalue weighted by Crippen LogP contribution is -2.16. The van der Waals surface area contributed by atoms with Gasteiger partial charge in [0.25, 0.3) is 0 Å². The molecule has 3 N–H and O–H groups in total. The molecule has 0 saturated carbocycles. The molecule has 0 aliphatic heterocycles. The molecule has 6 nitrogen and oxygen atoms in total. The van der Waals surface area contributed by atoms with E-state index in [2.05, 4.69) is 20.5 Å². The molecule has 0 atom stereocenters. The molecule has 114 valence electrons. The van der Waals surface area contributed by atoms with Crippen LogP contribution in [-0.2, 0) is 12.6 Å². The van der Waals surface area contributed by atoms with E-state index in [0.29, 0.717) is 23.6 Å². The average Bonchev–Trinajstić information content (AvgIpc) is 2.90. The van der Waals surface area contributed by atoms with Gasteiger partial charge in [0, 0.05) is 18.2 Å². The number of nitrogens with zero attached hydrogens (tertiary/aromatic N) is 4. The Morgan fingerprint density at radius 1 is 1.33 bits per heavy atom. The molecule has 2 aromatic heterocycles. The van der Waals surface area contributed by atoms with Crippen LogP contribution in [-0.4, -0.2) is 19.7 Å². The molecule has 2 rings (SSSR count). The van der Waals surface area contributed by atoms with Crippen LogP contribution in [0.15, 0.2) is 12.3 Å². The summed E-state index contributed by atoms with van der Waals surface area (Å²) in [5.41, 5.74) is 1.98. The summed E-state index contributed by atoms with van der Waals surface area (Å²) in [5, 5.41) is 3.52. The second-order valence-electron chi connectivity index (χ2n) is 4.47. The smallest absolute Gasteiger partial charge is 0.308 e. The Hall–Kier alpha value is -2.16. The maximum absolute atomic E-state index is 12.6. The minimum absolute atomic E-state index is 0.275. The molecule has 2 heterocycles. The number of nitrogens with two attached hydrogens (primary N) is 1. The lowest BCUT2D eigenvalue weighted by atomic mass is 10.2. The van der Waals surface area contributed by atoms with E-state index in [-0.39, 0.29) is 5.82 Å². The van der Waals surface area contributed by atoms with Crippen LogP contribution in [0.4, 0.5) is 19.0 Å². The predicted molar refractivity (Wildman–Crippen MR) is 70.7 cm³/mol. The Kier molecular flexibility index (Phi) is 4.12. The Bertz CT molecular complexity index is 634. The van der Waals surface area contributed by atoms with Crippen LogP contribution < -0.4 is 11.3 Å². The maximum Gasteiger partial charge on any atom is 0.435 e. The van der Waals surface area contributed by atoms with Gasteiger partial charge >= 0.3 is 6.18 Å². The third-order valence-corrected chi connectivity index (χ3v) is 2.87. The number of hydrogen-bond donors (Lipinski definition) is 2. The van der Waals surface area contributed by atoms with Gasteiger partial charge in [0.15, 0.2) is 11.5 Å². The van der Waals surface area contributed by atoms with Gasteiger partial charge in [-0.1, -0.05) is 6.92 Å². The van der Waals surface area contributed by atoms with Crippen LogP contribution in [0.2, 0.25) is 0 Å². The first-order valence-electron chi connectivity index (χ1n) is 6.34. The molecule has 0 bridgehead atoms. The summed E-state index contributed by atoms with van der Waals surface area (Å²) < 4.78 is 38.9. The summed E-state index contributed by atoms with van der Waals surface area (Å²) in [6.07, 6.45) is -1.88. The Morgan fingerprint density at radius 2 is 2.05 bits per heavy atom. The molecule has 0 aliphatic rings. The Labute approximate surface area is 119 Å². The SMILES string of the molecule is CCCc1nc(NN)c(C)c(-n2ccc(C(F)(F)F)n2)n1.